The molecule has 152 valence electrons. The molecule has 0 aliphatic heterocycles. The van der Waals surface area contributed by atoms with Crippen molar-refractivity contribution in [3.63, 3.8) is 0 Å². The van der Waals surface area contributed by atoms with Crippen molar-refractivity contribution in [1.82, 2.24) is 9.97 Å². The molecule has 0 spiro atoms. The summed E-state index contributed by atoms with van der Waals surface area (Å²) in [6.45, 7) is 8.01. The maximum absolute atomic E-state index is 6.18. The van der Waals surface area contributed by atoms with Gasteiger partial charge in [-0.3, -0.25) is 4.58 Å². The second-order valence-electron chi connectivity index (χ2n) is 6.20. The van der Waals surface area contributed by atoms with Crippen LogP contribution in [0.3, 0.4) is 0 Å². The summed E-state index contributed by atoms with van der Waals surface area (Å²) in [5, 5.41) is 3.21. The number of hydrogen-bond donors (Lipinski definition) is 2. The maximum atomic E-state index is 6.18. The van der Waals surface area contributed by atoms with Crippen LogP contribution in [0, 0.1) is 0 Å². The molecule has 0 radical (unpaired) electrons. The van der Waals surface area contributed by atoms with Gasteiger partial charge in [-0.1, -0.05) is 0 Å². The van der Waals surface area contributed by atoms with Crippen LogP contribution in [0.5, 0.6) is 17.2 Å². The smallest absolute Gasteiger partial charge is 0.320 e. The number of aromatic nitrogens is 2. The molecule has 0 amide bonds. The zero-order valence-electron chi connectivity index (χ0n) is 17.5. The lowest BCUT2D eigenvalue weighted by atomic mass is 10.1. The van der Waals surface area contributed by atoms with E-state index >= 15 is 0 Å². The summed E-state index contributed by atoms with van der Waals surface area (Å²) in [5.41, 5.74) is 7.96. The normalized spacial score (nSPS) is 10.4. The summed E-state index contributed by atoms with van der Waals surface area (Å²) in [6.07, 6.45) is 2.28. The number of ether oxygens (including phenoxy) is 3. The molecule has 0 saturated heterocycles. The largest absolute Gasteiger partial charge is 0.493 e. The maximum Gasteiger partial charge on any atom is 0.320 e. The number of benzene rings is 1. The van der Waals surface area contributed by atoms with E-state index in [0.29, 0.717) is 35.4 Å². The molecule has 8 nitrogen and oxygen atoms in total. The van der Waals surface area contributed by atoms with Gasteiger partial charge in [-0.05, 0) is 31.5 Å². The van der Waals surface area contributed by atoms with Gasteiger partial charge in [0.2, 0.25) is 11.6 Å². The molecule has 8 heteroatoms. The van der Waals surface area contributed by atoms with Crippen molar-refractivity contribution in [2.75, 3.05) is 45.5 Å². The van der Waals surface area contributed by atoms with Crippen LogP contribution in [0.15, 0.2) is 18.3 Å². The molecule has 0 bridgehead atoms. The minimum absolute atomic E-state index is 0.429. The molecule has 2 aromatic rings. The number of hydrogen-bond acceptors (Lipinski definition) is 6. The summed E-state index contributed by atoms with van der Waals surface area (Å²) in [7, 11) is 4.76. The third kappa shape index (κ3) is 4.82. The Balaban J connectivity index is 2.27. The molecule has 0 aliphatic carbocycles. The van der Waals surface area contributed by atoms with E-state index in [1.165, 1.54) is 0 Å². The summed E-state index contributed by atoms with van der Waals surface area (Å²) in [6, 6.07) is 3.79. The van der Waals surface area contributed by atoms with Crippen LogP contribution in [0.1, 0.15) is 31.9 Å². The second kappa shape index (κ2) is 9.77. The van der Waals surface area contributed by atoms with Crippen molar-refractivity contribution >= 4 is 17.6 Å². The third-order valence-corrected chi connectivity index (χ3v) is 4.55. The molecule has 2 rings (SSSR count). The van der Waals surface area contributed by atoms with Crippen LogP contribution in [-0.2, 0) is 6.42 Å². The fourth-order valence-electron chi connectivity index (χ4n) is 3.01. The van der Waals surface area contributed by atoms with Crippen molar-refractivity contribution in [1.29, 1.82) is 0 Å². The lowest BCUT2D eigenvalue weighted by molar-refractivity contribution is -0.521. The molecule has 0 fully saturated rings. The molecule has 0 aliphatic rings. The average molecular weight is 388 g/mol. The highest BCUT2D eigenvalue weighted by molar-refractivity contribution is 5.87. The van der Waals surface area contributed by atoms with Crippen LogP contribution < -0.4 is 25.3 Å². The minimum Gasteiger partial charge on any atom is -0.493 e. The van der Waals surface area contributed by atoms with Gasteiger partial charge in [-0.25, -0.2) is 5.32 Å². The summed E-state index contributed by atoms with van der Waals surface area (Å²) in [5.74, 6) is 3.65. The SMILES string of the molecule is CC[N+](CC)=C(C)Nc1ncc(Cc2cc(OC)c(OC)c(OC)c2)c(N)n1. The third-order valence-electron chi connectivity index (χ3n) is 4.55. The highest BCUT2D eigenvalue weighted by Gasteiger charge is 2.16. The van der Waals surface area contributed by atoms with Gasteiger partial charge in [0.15, 0.2) is 11.5 Å². The van der Waals surface area contributed by atoms with Crippen LogP contribution in [0.4, 0.5) is 11.8 Å². The van der Waals surface area contributed by atoms with E-state index in [4.69, 9.17) is 19.9 Å². The summed E-state index contributed by atoms with van der Waals surface area (Å²) >= 11 is 0. The quantitative estimate of drug-likeness (QED) is 0.408. The highest BCUT2D eigenvalue weighted by atomic mass is 16.5. The first-order valence-corrected chi connectivity index (χ1v) is 9.23. The number of nitrogens with zero attached hydrogens (tertiary/aromatic N) is 3. The first-order chi connectivity index (χ1) is 13.5. The molecule has 0 unspecified atom stereocenters. The number of anilines is 2. The predicted octanol–water partition coefficient (Wildman–Crippen LogP) is 2.56. The van der Waals surface area contributed by atoms with Crippen molar-refractivity contribution in [2.45, 2.75) is 27.2 Å². The molecule has 28 heavy (non-hydrogen) atoms. The standard InChI is InChI=1S/C20H29N5O3/c1-7-25(8-2)13(3)23-20-22-12-15(19(21)24-20)9-14-10-16(26-4)18(28-6)17(11-14)27-5/h10-12H,7-9H2,1-6H3,(H2,21,22,24)/p+1. The van der Waals surface area contributed by atoms with Crippen molar-refractivity contribution in [3.05, 3.63) is 29.5 Å². The zero-order chi connectivity index (χ0) is 20.7. The lowest BCUT2D eigenvalue weighted by Gasteiger charge is -2.14. The number of nitrogens with two attached hydrogens (primary N) is 1. The molecule has 3 N–H and O–H groups in total. The van der Waals surface area contributed by atoms with Crippen molar-refractivity contribution < 1.29 is 18.8 Å². The van der Waals surface area contributed by atoms with Gasteiger partial charge in [0.05, 0.1) is 34.4 Å². The van der Waals surface area contributed by atoms with E-state index in [1.807, 2.05) is 19.1 Å². The van der Waals surface area contributed by atoms with E-state index in [0.717, 1.165) is 30.1 Å². The topological polar surface area (TPSA) is 94.5 Å². The van der Waals surface area contributed by atoms with Crippen LogP contribution in [-0.4, -0.2) is 54.8 Å². The number of nitrogen functional groups attached to an aromatic ring is 1. The predicted molar refractivity (Wildman–Crippen MR) is 111 cm³/mol. The zero-order valence-corrected chi connectivity index (χ0v) is 17.5. The van der Waals surface area contributed by atoms with Crippen molar-refractivity contribution in [2.24, 2.45) is 0 Å². The molecule has 0 saturated carbocycles. The van der Waals surface area contributed by atoms with Gasteiger partial charge in [0.25, 0.3) is 0 Å². The van der Waals surface area contributed by atoms with E-state index in [1.54, 1.807) is 27.5 Å². The summed E-state index contributed by atoms with van der Waals surface area (Å²) < 4.78 is 18.4. The Labute approximate surface area is 166 Å². The van der Waals surface area contributed by atoms with Gasteiger partial charge in [0, 0.05) is 25.1 Å². The Bertz CT molecular complexity index is 821. The van der Waals surface area contributed by atoms with Gasteiger partial charge < -0.3 is 19.9 Å². The fourth-order valence-corrected chi connectivity index (χ4v) is 3.01. The van der Waals surface area contributed by atoms with Crippen molar-refractivity contribution in [3.8, 4) is 17.2 Å². The molecular weight excluding hydrogens is 358 g/mol. The van der Waals surface area contributed by atoms with E-state index in [9.17, 15) is 0 Å². The molecule has 1 heterocycles. The Morgan fingerprint density at radius 3 is 2.14 bits per heavy atom. The van der Waals surface area contributed by atoms with E-state index < -0.39 is 0 Å². The van der Waals surface area contributed by atoms with Crippen LogP contribution in [0.25, 0.3) is 0 Å². The van der Waals surface area contributed by atoms with Gasteiger partial charge in [0.1, 0.15) is 5.82 Å². The number of amidine groups is 1. The number of nitrogens with one attached hydrogen (secondary N) is 1. The molecule has 1 aromatic heterocycles. The fraction of sp³-hybridized carbons (Fsp3) is 0.450. The Morgan fingerprint density at radius 1 is 1.07 bits per heavy atom. The number of rotatable bonds is 8. The van der Waals surface area contributed by atoms with Crippen LogP contribution >= 0.6 is 0 Å². The van der Waals surface area contributed by atoms with Gasteiger partial charge >= 0.3 is 5.95 Å². The monoisotopic (exact) mass is 388 g/mol. The Morgan fingerprint density at radius 2 is 1.68 bits per heavy atom. The average Bonchev–Trinajstić information content (AvgIpc) is 2.70. The first-order valence-electron chi connectivity index (χ1n) is 9.23. The second-order valence-corrected chi connectivity index (χ2v) is 6.20. The number of methoxy groups -OCH3 is 3. The molecular formula is C20H30N5O3+. The Kier molecular flexibility index (Phi) is 7.43. The molecule has 1 aromatic carbocycles. The lowest BCUT2D eigenvalue weighted by Crippen LogP contribution is -2.26. The summed E-state index contributed by atoms with van der Waals surface area (Å²) in [4.78, 5) is 8.81. The minimum atomic E-state index is 0.429. The van der Waals surface area contributed by atoms with E-state index in [-0.39, 0.29) is 0 Å². The Hall–Kier alpha value is -3.03. The van der Waals surface area contributed by atoms with Gasteiger partial charge in [-0.2, -0.15) is 9.97 Å². The molecule has 0 atom stereocenters. The highest BCUT2D eigenvalue weighted by Crippen LogP contribution is 2.38. The van der Waals surface area contributed by atoms with E-state index in [2.05, 4.69) is 33.7 Å². The first kappa shape index (κ1) is 21.3. The van der Waals surface area contributed by atoms with Crippen LogP contribution in [0.2, 0.25) is 0 Å². The van der Waals surface area contributed by atoms with Gasteiger partial charge in [-0.15, -0.1) is 0 Å².